The van der Waals surface area contributed by atoms with Gasteiger partial charge in [-0.2, -0.15) is 0 Å². The first kappa shape index (κ1) is 26.5. The molecule has 9 heteroatoms. The van der Waals surface area contributed by atoms with E-state index in [0.29, 0.717) is 6.61 Å². The summed E-state index contributed by atoms with van der Waals surface area (Å²) in [5.41, 5.74) is -3.48. The number of unbranched alkanes of at least 4 members (excludes halogenated alkanes) is 1. The van der Waals surface area contributed by atoms with Crippen molar-refractivity contribution in [3.63, 3.8) is 0 Å². The van der Waals surface area contributed by atoms with E-state index in [9.17, 15) is 27.5 Å². The van der Waals surface area contributed by atoms with Crippen molar-refractivity contribution in [2.24, 2.45) is 17.3 Å². The molecule has 1 aromatic rings. The number of carbonyl (C=O) groups excluding carboxylic acids is 1. The molecule has 2 rings (SSSR count). The van der Waals surface area contributed by atoms with Crippen molar-refractivity contribution in [2.75, 3.05) is 13.7 Å². The predicted molar refractivity (Wildman–Crippen MR) is 108 cm³/mol. The minimum atomic E-state index is -1.64. The molecule has 0 heterocycles. The Morgan fingerprint density at radius 1 is 1.06 bits per heavy atom. The van der Waals surface area contributed by atoms with Crippen LogP contribution in [-0.4, -0.2) is 36.5 Å². The van der Waals surface area contributed by atoms with Gasteiger partial charge in [-0.1, -0.05) is 27.2 Å². The van der Waals surface area contributed by atoms with Gasteiger partial charge in [-0.15, -0.1) is 0 Å². The number of hydrogen-bond donors (Lipinski definition) is 1. The number of hydrogen-bond acceptors (Lipinski definition) is 5. The summed E-state index contributed by atoms with van der Waals surface area (Å²) >= 11 is 0. The molecule has 0 saturated heterocycles. The molecule has 1 aliphatic carbocycles. The van der Waals surface area contributed by atoms with Crippen LogP contribution in [-0.2, 0) is 32.2 Å². The minimum absolute atomic E-state index is 0.456. The molecule has 0 bridgehead atoms. The maximum Gasteiger partial charge on any atom is 0.310 e. The van der Waals surface area contributed by atoms with Crippen LogP contribution in [0.15, 0.2) is 0 Å². The van der Waals surface area contributed by atoms with Crippen LogP contribution in [0.1, 0.15) is 58.6 Å². The first-order valence-electron chi connectivity index (χ1n) is 10.6. The molecule has 1 aliphatic rings. The second-order valence-electron chi connectivity index (χ2n) is 9.33. The lowest BCUT2D eigenvalue weighted by Gasteiger charge is -2.32. The molecular weight excluding hydrogens is 432 g/mol. The normalized spacial score (nSPS) is 20.8. The predicted octanol–water partition coefficient (Wildman–Crippen LogP) is 4.66. The Morgan fingerprint density at radius 2 is 1.56 bits per heavy atom. The van der Waals surface area contributed by atoms with Crippen LogP contribution in [0.4, 0.5) is 17.6 Å². The zero-order chi connectivity index (χ0) is 24.4. The molecule has 1 N–H and O–H groups in total. The summed E-state index contributed by atoms with van der Waals surface area (Å²) in [6, 6.07) is 0. The van der Waals surface area contributed by atoms with Crippen LogP contribution in [0.2, 0.25) is 0 Å². The van der Waals surface area contributed by atoms with Gasteiger partial charge in [0, 0.05) is 19.6 Å². The Morgan fingerprint density at radius 3 is 2.03 bits per heavy atom. The summed E-state index contributed by atoms with van der Waals surface area (Å²) < 4.78 is 72.1. The van der Waals surface area contributed by atoms with Crippen molar-refractivity contribution in [1.29, 1.82) is 0 Å². The second kappa shape index (κ2) is 10.1. The monoisotopic (exact) mass is 464 g/mol. The van der Waals surface area contributed by atoms with Gasteiger partial charge < -0.3 is 19.3 Å². The lowest BCUT2D eigenvalue weighted by atomic mass is 9.93. The molecular formula is C23H32F4O5. The van der Waals surface area contributed by atoms with E-state index in [-0.39, 0.29) is 0 Å². The lowest BCUT2D eigenvalue weighted by molar-refractivity contribution is -0.149. The van der Waals surface area contributed by atoms with Crippen LogP contribution in [0.5, 0.6) is 0 Å². The zero-order valence-electron chi connectivity index (χ0n) is 19.4. The van der Waals surface area contributed by atoms with Crippen LogP contribution < -0.4 is 0 Å². The number of ether oxygens (including phenoxy) is 3. The molecule has 0 spiro atoms. The number of methoxy groups -OCH3 is 1. The highest BCUT2D eigenvalue weighted by Gasteiger charge is 2.67. The highest BCUT2D eigenvalue weighted by atomic mass is 19.2. The van der Waals surface area contributed by atoms with E-state index in [1.54, 1.807) is 27.7 Å². The number of benzene rings is 1. The Balaban J connectivity index is 2.12. The summed E-state index contributed by atoms with van der Waals surface area (Å²) in [5.74, 6) is -8.56. The van der Waals surface area contributed by atoms with E-state index >= 15 is 0 Å². The van der Waals surface area contributed by atoms with Crippen LogP contribution in [0.25, 0.3) is 0 Å². The van der Waals surface area contributed by atoms with E-state index in [4.69, 9.17) is 9.47 Å². The van der Waals surface area contributed by atoms with Gasteiger partial charge in [-0.3, -0.25) is 4.79 Å². The minimum Gasteiger partial charge on any atom is -0.460 e. The number of halogens is 4. The first-order chi connectivity index (χ1) is 14.8. The van der Waals surface area contributed by atoms with Gasteiger partial charge in [0.2, 0.25) is 0 Å². The zero-order valence-corrected chi connectivity index (χ0v) is 19.4. The third kappa shape index (κ3) is 5.10. The van der Waals surface area contributed by atoms with E-state index in [1.165, 1.54) is 0 Å². The quantitative estimate of drug-likeness (QED) is 0.223. The number of aliphatic hydroxyl groups is 1. The summed E-state index contributed by atoms with van der Waals surface area (Å²) in [7, 11) is 1.13. The highest BCUT2D eigenvalue weighted by Crippen LogP contribution is 2.62. The summed E-state index contributed by atoms with van der Waals surface area (Å²) in [5, 5.41) is 10.8. The van der Waals surface area contributed by atoms with Gasteiger partial charge >= 0.3 is 5.97 Å². The second-order valence-corrected chi connectivity index (χ2v) is 9.33. The average Bonchev–Trinajstić information content (AvgIpc) is 3.30. The smallest absolute Gasteiger partial charge is 0.310 e. The van der Waals surface area contributed by atoms with Crippen molar-refractivity contribution in [2.45, 2.75) is 72.4 Å². The Bertz CT molecular complexity index is 811. The van der Waals surface area contributed by atoms with Gasteiger partial charge in [-0.25, -0.2) is 17.6 Å². The van der Waals surface area contributed by atoms with Crippen LogP contribution in [0.3, 0.4) is 0 Å². The Hall–Kier alpha value is -1.71. The molecule has 0 aliphatic heterocycles. The molecule has 0 aromatic heterocycles. The maximum atomic E-state index is 14.3. The van der Waals surface area contributed by atoms with Crippen molar-refractivity contribution in [3.05, 3.63) is 34.4 Å². The molecule has 182 valence electrons. The standard InChI is InChI=1S/C23H32F4O5/c1-7-8-9-32-23(4,5)20(28)14-15(22(14,2)3)21(29)31-11-13-18(26)16(24)12(10-30-6)17(25)19(13)27/h14-15,20,28H,7-11H2,1-6H3. The van der Waals surface area contributed by atoms with Crippen LogP contribution >= 0.6 is 0 Å². The van der Waals surface area contributed by atoms with Crippen molar-refractivity contribution >= 4 is 5.97 Å². The third-order valence-corrected chi connectivity index (χ3v) is 6.28. The third-order valence-electron chi connectivity index (χ3n) is 6.28. The fourth-order valence-electron chi connectivity index (χ4n) is 4.07. The molecule has 1 saturated carbocycles. The van der Waals surface area contributed by atoms with Gasteiger partial charge in [0.15, 0.2) is 23.3 Å². The average molecular weight is 464 g/mol. The van der Waals surface area contributed by atoms with Gasteiger partial charge in [0.25, 0.3) is 0 Å². The van der Waals surface area contributed by atoms with Crippen LogP contribution in [0, 0.1) is 40.5 Å². The summed E-state index contributed by atoms with van der Waals surface area (Å²) in [6.45, 7) is 7.80. The Labute approximate surface area is 186 Å². The van der Waals surface area contributed by atoms with Crippen molar-refractivity contribution in [3.8, 4) is 0 Å². The first-order valence-corrected chi connectivity index (χ1v) is 10.6. The van der Waals surface area contributed by atoms with Gasteiger partial charge in [0.1, 0.15) is 6.61 Å². The molecule has 5 nitrogen and oxygen atoms in total. The van der Waals surface area contributed by atoms with E-state index in [1.807, 2.05) is 6.92 Å². The lowest BCUT2D eigenvalue weighted by Crippen LogP contribution is -2.42. The highest BCUT2D eigenvalue weighted by molar-refractivity contribution is 5.78. The number of esters is 1. The molecule has 0 radical (unpaired) electrons. The molecule has 1 aromatic carbocycles. The van der Waals surface area contributed by atoms with Crippen molar-refractivity contribution in [1.82, 2.24) is 0 Å². The van der Waals surface area contributed by atoms with Gasteiger partial charge in [0.05, 0.1) is 35.4 Å². The largest absolute Gasteiger partial charge is 0.460 e. The van der Waals surface area contributed by atoms with E-state index in [0.717, 1.165) is 20.0 Å². The van der Waals surface area contributed by atoms with Crippen molar-refractivity contribution < 1.29 is 41.7 Å². The molecule has 1 fully saturated rings. The topological polar surface area (TPSA) is 65.0 Å². The number of carbonyl (C=O) groups is 1. The van der Waals surface area contributed by atoms with E-state index < -0.39 is 82.5 Å². The SMILES string of the molecule is CCCCOC(C)(C)C(O)C1C(C(=O)OCc2c(F)c(F)c(COC)c(F)c2F)C1(C)C. The maximum absolute atomic E-state index is 14.3. The molecule has 3 unspecified atom stereocenters. The number of aliphatic hydroxyl groups excluding tert-OH is 1. The number of rotatable bonds is 11. The van der Waals surface area contributed by atoms with E-state index in [2.05, 4.69) is 4.74 Å². The molecule has 0 amide bonds. The summed E-state index contributed by atoms with van der Waals surface area (Å²) in [6.07, 6.45) is 0.753. The Kier molecular flexibility index (Phi) is 8.34. The molecule has 3 atom stereocenters. The fourth-order valence-corrected chi connectivity index (χ4v) is 4.07. The molecule has 32 heavy (non-hydrogen) atoms. The fraction of sp³-hybridized carbons (Fsp3) is 0.696. The summed E-state index contributed by atoms with van der Waals surface area (Å²) in [4.78, 5) is 12.6. The van der Waals surface area contributed by atoms with Gasteiger partial charge in [-0.05, 0) is 25.7 Å².